The van der Waals surface area contributed by atoms with Crippen molar-refractivity contribution in [3.8, 4) is 0 Å². The highest BCUT2D eigenvalue weighted by molar-refractivity contribution is 5.99. The van der Waals surface area contributed by atoms with Gasteiger partial charge in [-0.2, -0.15) is 0 Å². The zero-order chi connectivity index (χ0) is 18.3. The van der Waals surface area contributed by atoms with Crippen LogP contribution in [0.15, 0.2) is 18.2 Å². The number of methoxy groups -OCH3 is 1. The monoisotopic (exact) mass is 336 g/mol. The number of amides is 1. The van der Waals surface area contributed by atoms with E-state index in [2.05, 4.69) is 23.9 Å². The molecule has 0 bridgehead atoms. The third-order valence-corrected chi connectivity index (χ3v) is 3.61. The average Bonchev–Trinajstić information content (AvgIpc) is 2.53. The normalized spacial score (nSPS) is 11.9. The summed E-state index contributed by atoms with van der Waals surface area (Å²) in [5.41, 5.74) is -0.278. The zero-order valence-corrected chi connectivity index (χ0v) is 14.5. The van der Waals surface area contributed by atoms with Gasteiger partial charge in [0.05, 0.1) is 17.6 Å². The summed E-state index contributed by atoms with van der Waals surface area (Å²) in [4.78, 5) is 34.3. The lowest BCUT2D eigenvalue weighted by molar-refractivity contribution is -0.384. The Morgan fingerprint density at radius 2 is 1.79 bits per heavy atom. The number of nitrogens with one attached hydrogen (secondary N) is 1. The van der Waals surface area contributed by atoms with Crippen molar-refractivity contribution in [2.24, 2.45) is 5.92 Å². The molecule has 1 rings (SSSR count). The van der Waals surface area contributed by atoms with E-state index in [9.17, 15) is 19.7 Å². The number of nitrogens with zero attached hydrogens (tertiary/aromatic N) is 1. The lowest BCUT2D eigenvalue weighted by Crippen LogP contribution is -2.32. The maximum atomic E-state index is 12.3. The van der Waals surface area contributed by atoms with E-state index in [1.54, 1.807) is 0 Å². The summed E-state index contributed by atoms with van der Waals surface area (Å²) in [6.45, 7) is 6.16. The molecule has 1 amide bonds. The number of nitro benzene ring substituents is 1. The van der Waals surface area contributed by atoms with E-state index in [-0.39, 0.29) is 22.9 Å². The molecular formula is C17H24N2O5. The molecule has 0 radical (unpaired) electrons. The molecule has 0 saturated heterocycles. The maximum Gasteiger partial charge on any atom is 0.338 e. The molecule has 1 atom stereocenters. The summed E-state index contributed by atoms with van der Waals surface area (Å²) >= 11 is 0. The number of carbonyl (C=O) groups excluding carboxylic acids is 2. The predicted molar refractivity (Wildman–Crippen MR) is 90.1 cm³/mol. The molecule has 0 saturated carbocycles. The zero-order valence-electron chi connectivity index (χ0n) is 14.5. The number of hydrogen-bond donors (Lipinski definition) is 1. The van der Waals surface area contributed by atoms with Gasteiger partial charge >= 0.3 is 5.97 Å². The van der Waals surface area contributed by atoms with Gasteiger partial charge in [0.2, 0.25) is 0 Å². The standard InChI is InChI=1S/C17H24N2O5/c1-11(2)6-5-7-12(3)18-16(20)13-8-14(17(21)24-4)10-15(9-13)19(22)23/h8-12H,5-7H2,1-4H3,(H,18,20)/t12-/m1/s1. The van der Waals surface area contributed by atoms with E-state index in [1.807, 2.05) is 6.92 Å². The molecule has 24 heavy (non-hydrogen) atoms. The molecule has 0 aliphatic carbocycles. The van der Waals surface area contributed by atoms with Gasteiger partial charge in [0.25, 0.3) is 11.6 Å². The van der Waals surface area contributed by atoms with Crippen molar-refractivity contribution in [1.82, 2.24) is 5.32 Å². The van der Waals surface area contributed by atoms with Crippen molar-refractivity contribution in [2.75, 3.05) is 7.11 Å². The minimum atomic E-state index is -0.724. The fourth-order valence-corrected chi connectivity index (χ4v) is 2.29. The Kier molecular flexibility index (Phi) is 7.35. The smallest absolute Gasteiger partial charge is 0.338 e. The largest absolute Gasteiger partial charge is 0.465 e. The Morgan fingerprint density at radius 1 is 1.17 bits per heavy atom. The van der Waals surface area contributed by atoms with Gasteiger partial charge in [-0.25, -0.2) is 4.79 Å². The Balaban J connectivity index is 2.87. The summed E-state index contributed by atoms with van der Waals surface area (Å²) in [6.07, 6.45) is 2.88. The molecule has 0 fully saturated rings. The molecule has 1 N–H and O–H groups in total. The van der Waals surface area contributed by atoms with Crippen LogP contribution in [0.5, 0.6) is 0 Å². The Bertz CT molecular complexity index is 613. The van der Waals surface area contributed by atoms with Gasteiger partial charge in [-0.1, -0.05) is 26.7 Å². The highest BCUT2D eigenvalue weighted by atomic mass is 16.6. The van der Waals surface area contributed by atoms with Crippen LogP contribution in [0.25, 0.3) is 0 Å². The molecule has 0 heterocycles. The number of rotatable bonds is 8. The molecular weight excluding hydrogens is 312 g/mol. The van der Waals surface area contributed by atoms with Crippen LogP contribution in [0.1, 0.15) is 60.7 Å². The summed E-state index contributed by atoms with van der Waals surface area (Å²) in [6, 6.07) is 3.49. The van der Waals surface area contributed by atoms with Gasteiger partial charge in [0.1, 0.15) is 0 Å². The van der Waals surface area contributed by atoms with Crippen molar-refractivity contribution < 1.29 is 19.2 Å². The van der Waals surface area contributed by atoms with Gasteiger partial charge in [0.15, 0.2) is 0 Å². The molecule has 7 heteroatoms. The average molecular weight is 336 g/mol. The lowest BCUT2D eigenvalue weighted by Gasteiger charge is -2.15. The molecule has 0 unspecified atom stereocenters. The SMILES string of the molecule is COC(=O)c1cc(C(=O)N[C@H](C)CCCC(C)C)cc([N+](=O)[O-])c1. The van der Waals surface area contributed by atoms with Gasteiger partial charge in [0, 0.05) is 23.7 Å². The number of nitro groups is 1. The van der Waals surface area contributed by atoms with Crippen LogP contribution in [0, 0.1) is 16.0 Å². The van der Waals surface area contributed by atoms with Gasteiger partial charge in [-0.15, -0.1) is 0 Å². The maximum absolute atomic E-state index is 12.3. The predicted octanol–water partition coefficient (Wildman–Crippen LogP) is 3.33. The highest BCUT2D eigenvalue weighted by Gasteiger charge is 2.19. The van der Waals surface area contributed by atoms with Crippen LogP contribution in [0.3, 0.4) is 0 Å². The Morgan fingerprint density at radius 3 is 2.33 bits per heavy atom. The first kappa shape index (κ1) is 19.6. The summed E-state index contributed by atoms with van der Waals surface area (Å²) in [5, 5.41) is 13.8. The minimum absolute atomic E-state index is 0.0238. The van der Waals surface area contributed by atoms with Crippen LogP contribution >= 0.6 is 0 Å². The second kappa shape index (κ2) is 9.00. The summed E-state index contributed by atoms with van der Waals surface area (Å²) < 4.78 is 4.57. The summed E-state index contributed by atoms with van der Waals surface area (Å²) in [7, 11) is 1.18. The van der Waals surface area contributed by atoms with Crippen molar-refractivity contribution in [3.63, 3.8) is 0 Å². The number of carbonyl (C=O) groups is 2. The molecule has 1 aromatic carbocycles. The third kappa shape index (κ3) is 5.98. The molecule has 0 aromatic heterocycles. The Labute approximate surface area is 141 Å². The molecule has 7 nitrogen and oxygen atoms in total. The van der Waals surface area contributed by atoms with Crippen LogP contribution < -0.4 is 5.32 Å². The minimum Gasteiger partial charge on any atom is -0.465 e. The third-order valence-electron chi connectivity index (χ3n) is 3.61. The first-order valence-electron chi connectivity index (χ1n) is 7.93. The quantitative estimate of drug-likeness (QED) is 0.446. The number of ether oxygens (including phenoxy) is 1. The van der Waals surface area contributed by atoms with Gasteiger partial charge in [-0.05, 0) is 25.3 Å². The first-order valence-corrected chi connectivity index (χ1v) is 7.93. The van der Waals surface area contributed by atoms with Crippen molar-refractivity contribution in [1.29, 1.82) is 0 Å². The van der Waals surface area contributed by atoms with Crippen molar-refractivity contribution in [2.45, 2.75) is 46.1 Å². The molecule has 1 aromatic rings. The highest BCUT2D eigenvalue weighted by Crippen LogP contribution is 2.18. The van der Waals surface area contributed by atoms with Crippen LogP contribution in [-0.2, 0) is 4.74 Å². The molecule has 0 aliphatic heterocycles. The second-order valence-electron chi connectivity index (χ2n) is 6.22. The van der Waals surface area contributed by atoms with E-state index in [1.165, 1.54) is 13.2 Å². The summed E-state index contributed by atoms with van der Waals surface area (Å²) in [5.74, 6) is -0.564. The van der Waals surface area contributed by atoms with E-state index >= 15 is 0 Å². The van der Waals surface area contributed by atoms with E-state index in [4.69, 9.17) is 0 Å². The van der Waals surface area contributed by atoms with E-state index in [0.717, 1.165) is 31.4 Å². The fourth-order valence-electron chi connectivity index (χ4n) is 2.29. The van der Waals surface area contributed by atoms with Crippen LogP contribution in [0.2, 0.25) is 0 Å². The van der Waals surface area contributed by atoms with Crippen LogP contribution in [0.4, 0.5) is 5.69 Å². The molecule has 0 aliphatic rings. The molecule has 132 valence electrons. The van der Waals surface area contributed by atoms with Gasteiger partial charge in [-0.3, -0.25) is 14.9 Å². The topological polar surface area (TPSA) is 98.5 Å². The van der Waals surface area contributed by atoms with Crippen LogP contribution in [-0.4, -0.2) is 30.0 Å². The number of non-ortho nitro benzene ring substituents is 1. The van der Waals surface area contributed by atoms with Crippen molar-refractivity contribution >= 4 is 17.6 Å². The number of esters is 1. The van der Waals surface area contributed by atoms with E-state index in [0.29, 0.717) is 5.92 Å². The van der Waals surface area contributed by atoms with E-state index < -0.39 is 16.8 Å². The second-order valence-corrected chi connectivity index (χ2v) is 6.22. The van der Waals surface area contributed by atoms with Gasteiger partial charge < -0.3 is 10.1 Å². The molecule has 0 spiro atoms. The number of benzene rings is 1. The lowest BCUT2D eigenvalue weighted by atomic mass is 10.0. The van der Waals surface area contributed by atoms with Crippen molar-refractivity contribution in [3.05, 3.63) is 39.4 Å². The number of hydrogen-bond acceptors (Lipinski definition) is 5. The Hall–Kier alpha value is -2.44. The first-order chi connectivity index (χ1) is 11.2. The fraction of sp³-hybridized carbons (Fsp3) is 0.529.